The van der Waals surface area contributed by atoms with Gasteiger partial charge in [-0.1, -0.05) is 26.0 Å². The van der Waals surface area contributed by atoms with Crippen molar-refractivity contribution in [3.63, 3.8) is 0 Å². The van der Waals surface area contributed by atoms with Crippen LogP contribution in [-0.4, -0.2) is 29.9 Å². The number of carbonyl (C=O) groups excluding carboxylic acids is 1. The highest BCUT2D eigenvalue weighted by Gasteiger charge is 2.19. The number of benzene rings is 1. The van der Waals surface area contributed by atoms with Gasteiger partial charge in [-0.25, -0.2) is 9.98 Å². The maximum atomic E-state index is 12.1. The van der Waals surface area contributed by atoms with Gasteiger partial charge in [0, 0.05) is 30.6 Å². The molecule has 0 aliphatic carbocycles. The number of aromatic nitrogens is 1. The van der Waals surface area contributed by atoms with Gasteiger partial charge in [0.05, 0.1) is 18.8 Å². The van der Waals surface area contributed by atoms with E-state index >= 15 is 0 Å². The van der Waals surface area contributed by atoms with Crippen LogP contribution in [0.2, 0.25) is 0 Å². The van der Waals surface area contributed by atoms with Crippen LogP contribution < -0.4 is 15.5 Å². The van der Waals surface area contributed by atoms with E-state index in [9.17, 15) is 4.79 Å². The van der Waals surface area contributed by atoms with E-state index < -0.39 is 0 Å². The van der Waals surface area contributed by atoms with E-state index in [0.29, 0.717) is 25.4 Å². The van der Waals surface area contributed by atoms with Crippen molar-refractivity contribution < 1.29 is 4.79 Å². The number of anilines is 1. The predicted octanol–water partition coefficient (Wildman–Crippen LogP) is 4.04. The summed E-state index contributed by atoms with van der Waals surface area (Å²) < 4.78 is 0. The summed E-state index contributed by atoms with van der Waals surface area (Å²) in [5, 5.41) is 9.84. The fourth-order valence-corrected chi connectivity index (χ4v) is 4.10. The second-order valence-electron chi connectivity index (χ2n) is 7.54. The van der Waals surface area contributed by atoms with Crippen molar-refractivity contribution in [3.8, 4) is 0 Å². The third-order valence-electron chi connectivity index (χ3n) is 4.90. The second kappa shape index (κ2) is 10.4. The standard InChI is InChI=1S/C22H31N5OS/c1-4-23-22(25-14-20-26-19(15-29-20)16(2)3)24-13-17-8-10-18(11-9-17)27-12-6-5-7-21(27)28/h8-11,15-16H,4-7,12-14H2,1-3H3,(H2,23,24,25). The van der Waals surface area contributed by atoms with Crippen LogP contribution in [0.1, 0.15) is 62.2 Å². The third kappa shape index (κ3) is 6.03. The monoisotopic (exact) mass is 413 g/mol. The van der Waals surface area contributed by atoms with Crippen LogP contribution in [0.25, 0.3) is 0 Å². The lowest BCUT2D eigenvalue weighted by molar-refractivity contribution is -0.119. The van der Waals surface area contributed by atoms with E-state index in [2.05, 4.69) is 58.9 Å². The highest BCUT2D eigenvalue weighted by Crippen LogP contribution is 2.21. The van der Waals surface area contributed by atoms with Crippen LogP contribution in [0.15, 0.2) is 34.6 Å². The van der Waals surface area contributed by atoms with Crippen molar-refractivity contribution >= 4 is 28.9 Å². The van der Waals surface area contributed by atoms with Crippen molar-refractivity contribution in [2.24, 2.45) is 4.99 Å². The van der Waals surface area contributed by atoms with Gasteiger partial charge in [0.1, 0.15) is 5.01 Å². The summed E-state index contributed by atoms with van der Waals surface area (Å²) in [6.45, 7) is 9.24. The number of hydrogen-bond donors (Lipinski definition) is 2. The number of piperidine rings is 1. The summed E-state index contributed by atoms with van der Waals surface area (Å²) in [7, 11) is 0. The molecule has 1 fully saturated rings. The molecule has 1 amide bonds. The highest BCUT2D eigenvalue weighted by molar-refractivity contribution is 7.09. The highest BCUT2D eigenvalue weighted by atomic mass is 32.1. The largest absolute Gasteiger partial charge is 0.357 e. The van der Waals surface area contributed by atoms with Gasteiger partial charge in [-0.05, 0) is 43.4 Å². The molecule has 0 unspecified atom stereocenters. The van der Waals surface area contributed by atoms with Crippen molar-refractivity contribution in [3.05, 3.63) is 45.9 Å². The molecule has 29 heavy (non-hydrogen) atoms. The van der Waals surface area contributed by atoms with Crippen LogP contribution >= 0.6 is 11.3 Å². The van der Waals surface area contributed by atoms with E-state index in [1.807, 2.05) is 17.0 Å². The fourth-order valence-electron chi connectivity index (χ4n) is 3.20. The molecule has 1 aromatic carbocycles. The van der Waals surface area contributed by atoms with Crippen LogP contribution in [-0.2, 0) is 17.9 Å². The third-order valence-corrected chi connectivity index (χ3v) is 5.77. The quantitative estimate of drug-likeness (QED) is 0.531. The van der Waals surface area contributed by atoms with Crippen molar-refractivity contribution in [2.75, 3.05) is 18.0 Å². The zero-order valence-corrected chi connectivity index (χ0v) is 18.4. The molecule has 0 spiro atoms. The number of rotatable bonds is 7. The average Bonchev–Trinajstić information content (AvgIpc) is 3.20. The molecule has 2 heterocycles. The number of amides is 1. The molecule has 0 atom stereocenters. The fraction of sp³-hybridized carbons (Fsp3) is 0.500. The summed E-state index contributed by atoms with van der Waals surface area (Å²) in [5.74, 6) is 1.46. The molecular weight excluding hydrogens is 382 g/mol. The second-order valence-corrected chi connectivity index (χ2v) is 8.48. The molecule has 1 aromatic heterocycles. The van der Waals surface area contributed by atoms with Gasteiger partial charge < -0.3 is 15.5 Å². The summed E-state index contributed by atoms with van der Waals surface area (Å²) in [6, 6.07) is 8.16. The van der Waals surface area contributed by atoms with Gasteiger partial charge in [0.25, 0.3) is 0 Å². The van der Waals surface area contributed by atoms with Gasteiger partial charge in [-0.2, -0.15) is 0 Å². The predicted molar refractivity (Wildman–Crippen MR) is 121 cm³/mol. The number of guanidine groups is 1. The summed E-state index contributed by atoms with van der Waals surface area (Å²) in [4.78, 5) is 23.3. The molecule has 7 heteroatoms. The van der Waals surface area contributed by atoms with Gasteiger partial charge in [0.15, 0.2) is 5.96 Å². The van der Waals surface area contributed by atoms with Gasteiger partial charge in [0.2, 0.25) is 5.91 Å². The van der Waals surface area contributed by atoms with E-state index in [4.69, 9.17) is 0 Å². The molecule has 2 aromatic rings. The Morgan fingerprint density at radius 2 is 2.03 bits per heavy atom. The first-order chi connectivity index (χ1) is 14.1. The number of hydrogen-bond acceptors (Lipinski definition) is 4. The average molecular weight is 414 g/mol. The molecule has 0 radical (unpaired) electrons. The summed E-state index contributed by atoms with van der Waals surface area (Å²) >= 11 is 1.68. The lowest BCUT2D eigenvalue weighted by Gasteiger charge is -2.26. The number of aliphatic imine (C=N–C) groups is 1. The molecule has 0 saturated carbocycles. The Labute approximate surface area is 177 Å². The number of carbonyl (C=O) groups is 1. The Morgan fingerprint density at radius 1 is 1.24 bits per heavy atom. The topological polar surface area (TPSA) is 69.6 Å². The van der Waals surface area contributed by atoms with Gasteiger partial charge in [-0.3, -0.25) is 4.79 Å². The lowest BCUT2D eigenvalue weighted by atomic mass is 10.1. The zero-order valence-electron chi connectivity index (χ0n) is 17.6. The summed E-state index contributed by atoms with van der Waals surface area (Å²) in [5.41, 5.74) is 3.24. The van der Waals surface area contributed by atoms with E-state index in [1.54, 1.807) is 11.3 Å². The molecule has 156 valence electrons. The van der Waals surface area contributed by atoms with Crippen LogP contribution in [0.3, 0.4) is 0 Å². The van der Waals surface area contributed by atoms with Crippen molar-refractivity contribution in [1.82, 2.24) is 15.6 Å². The van der Waals surface area contributed by atoms with Gasteiger partial charge in [-0.15, -0.1) is 11.3 Å². The smallest absolute Gasteiger partial charge is 0.226 e. The van der Waals surface area contributed by atoms with Crippen molar-refractivity contribution in [2.45, 2.75) is 59.0 Å². The van der Waals surface area contributed by atoms with Crippen LogP contribution in [0, 0.1) is 0 Å². The SMILES string of the molecule is CCNC(=NCc1ccc(N2CCCCC2=O)cc1)NCc1nc(C(C)C)cs1. The number of thiazole rings is 1. The molecule has 1 aliphatic heterocycles. The van der Waals surface area contributed by atoms with Crippen LogP contribution in [0.4, 0.5) is 5.69 Å². The van der Waals surface area contributed by atoms with E-state index in [-0.39, 0.29) is 5.91 Å². The number of nitrogens with one attached hydrogen (secondary N) is 2. The maximum Gasteiger partial charge on any atom is 0.226 e. The molecular formula is C22H31N5OS. The normalized spacial score (nSPS) is 15.1. The molecule has 0 bridgehead atoms. The maximum absolute atomic E-state index is 12.1. The van der Waals surface area contributed by atoms with Crippen LogP contribution in [0.5, 0.6) is 0 Å². The Hall–Kier alpha value is -2.41. The lowest BCUT2D eigenvalue weighted by Crippen LogP contribution is -2.36. The summed E-state index contributed by atoms with van der Waals surface area (Å²) in [6.07, 6.45) is 2.73. The Bertz CT molecular complexity index is 828. The first-order valence-corrected chi connectivity index (χ1v) is 11.3. The Kier molecular flexibility index (Phi) is 7.63. The first-order valence-electron chi connectivity index (χ1n) is 10.4. The molecule has 3 rings (SSSR count). The Balaban J connectivity index is 1.58. The zero-order chi connectivity index (χ0) is 20.6. The molecule has 1 saturated heterocycles. The number of nitrogens with zero attached hydrogens (tertiary/aromatic N) is 3. The molecule has 6 nitrogen and oxygen atoms in total. The minimum absolute atomic E-state index is 0.225. The van der Waals surface area contributed by atoms with Crippen molar-refractivity contribution in [1.29, 1.82) is 0 Å². The minimum atomic E-state index is 0.225. The van der Waals surface area contributed by atoms with Gasteiger partial charge >= 0.3 is 0 Å². The molecule has 2 N–H and O–H groups in total. The first kappa shape index (κ1) is 21.3. The van der Waals surface area contributed by atoms with E-state index in [0.717, 1.165) is 53.8 Å². The Morgan fingerprint density at radius 3 is 2.69 bits per heavy atom. The molecule has 1 aliphatic rings. The van der Waals surface area contributed by atoms with E-state index in [1.165, 1.54) is 0 Å². The minimum Gasteiger partial charge on any atom is -0.357 e.